The number of ether oxygens (including phenoxy) is 5. The second kappa shape index (κ2) is 16.7. The van der Waals surface area contributed by atoms with Crippen LogP contribution in [0.25, 0.3) is 0 Å². The quantitative estimate of drug-likeness (QED) is 0.0972. The molecule has 0 aromatic heterocycles. The Labute approximate surface area is 351 Å². The van der Waals surface area contributed by atoms with Crippen LogP contribution >= 0.6 is 0 Å². The molecule has 0 spiro atoms. The smallest absolute Gasteiger partial charge is 0.323 e. The monoisotopic (exact) mass is 823 g/mol. The third-order valence-electron chi connectivity index (χ3n) is 16.8. The van der Waals surface area contributed by atoms with Gasteiger partial charge in [0.1, 0.15) is 29.7 Å². The molecule has 3 saturated carbocycles. The van der Waals surface area contributed by atoms with E-state index in [9.17, 15) is 24.3 Å². The average molecular weight is 823 g/mol. The lowest BCUT2D eigenvalue weighted by Gasteiger charge is -2.71. The highest BCUT2D eigenvalue weighted by molar-refractivity contribution is 5.95. The lowest BCUT2D eigenvalue weighted by atomic mass is 9.34. The van der Waals surface area contributed by atoms with Crippen molar-refractivity contribution in [2.45, 2.75) is 131 Å². The van der Waals surface area contributed by atoms with Gasteiger partial charge in [-0.2, -0.15) is 0 Å². The molecule has 1 aromatic rings. The number of methoxy groups -OCH3 is 2. The van der Waals surface area contributed by atoms with Crippen LogP contribution in [-0.4, -0.2) is 81.1 Å². The molecule has 1 saturated heterocycles. The Morgan fingerprint density at radius 2 is 1.61 bits per heavy atom. The van der Waals surface area contributed by atoms with Crippen molar-refractivity contribution in [2.24, 2.45) is 62.4 Å². The van der Waals surface area contributed by atoms with Crippen molar-refractivity contribution in [1.82, 2.24) is 5.32 Å². The van der Waals surface area contributed by atoms with Crippen molar-refractivity contribution in [3.8, 4) is 11.5 Å². The van der Waals surface area contributed by atoms with E-state index in [1.807, 2.05) is 0 Å². The molecule has 1 aromatic carbocycles. The zero-order valence-electron chi connectivity index (χ0n) is 37.1. The van der Waals surface area contributed by atoms with Crippen LogP contribution in [-0.2, 0) is 28.6 Å². The Bertz CT molecular complexity index is 1790. The molecule has 5 aliphatic rings. The van der Waals surface area contributed by atoms with E-state index in [0.717, 1.165) is 25.7 Å². The second-order valence-electron chi connectivity index (χ2n) is 20.0. The van der Waals surface area contributed by atoms with Crippen LogP contribution in [0.15, 0.2) is 29.8 Å². The predicted octanol–water partition coefficient (Wildman–Crippen LogP) is 7.36. The van der Waals surface area contributed by atoms with Gasteiger partial charge >= 0.3 is 17.9 Å². The maximum atomic E-state index is 13.8. The van der Waals surface area contributed by atoms with E-state index in [2.05, 4.69) is 59.9 Å². The summed E-state index contributed by atoms with van der Waals surface area (Å²) in [4.78, 5) is 52.8. The van der Waals surface area contributed by atoms with Gasteiger partial charge in [-0.1, -0.05) is 60.1 Å². The minimum absolute atomic E-state index is 0.0956. The summed E-state index contributed by atoms with van der Waals surface area (Å²) in [7, 11) is 3.05. The van der Waals surface area contributed by atoms with E-state index in [1.165, 1.54) is 26.7 Å². The Morgan fingerprint density at radius 3 is 2.22 bits per heavy atom. The fourth-order valence-corrected chi connectivity index (χ4v) is 13.2. The van der Waals surface area contributed by atoms with Gasteiger partial charge in [0.15, 0.2) is 0 Å². The van der Waals surface area contributed by atoms with Gasteiger partial charge < -0.3 is 39.8 Å². The maximum absolute atomic E-state index is 13.8. The lowest BCUT2D eigenvalue weighted by molar-refractivity contribution is -0.263. The maximum Gasteiger partial charge on any atom is 0.323 e. The summed E-state index contributed by atoms with van der Waals surface area (Å²) in [5.74, 6) is -0.551. The number of nitrogens with one attached hydrogen (secondary N) is 1. The number of carboxylic acids is 1. The summed E-state index contributed by atoms with van der Waals surface area (Å²) in [6, 6.07) is 4.08. The molecule has 1 aliphatic heterocycles. The molecule has 2 bridgehead atoms. The Hall–Kier alpha value is -3.64. The molecular formula is C47H70N2O10. The van der Waals surface area contributed by atoms with Crippen molar-refractivity contribution in [2.75, 3.05) is 34.0 Å². The molecule has 1 unspecified atom stereocenters. The number of carbonyl (C=O) groups excluding carboxylic acids is 3. The van der Waals surface area contributed by atoms with Crippen molar-refractivity contribution in [3.05, 3.63) is 35.4 Å². The van der Waals surface area contributed by atoms with Crippen LogP contribution in [0, 0.1) is 56.7 Å². The van der Waals surface area contributed by atoms with Gasteiger partial charge in [0.25, 0.3) is 5.91 Å². The molecule has 4 fully saturated rings. The van der Waals surface area contributed by atoms with Crippen LogP contribution in [0.4, 0.5) is 0 Å². The minimum atomic E-state index is -0.905. The molecule has 1 amide bonds. The van der Waals surface area contributed by atoms with Crippen LogP contribution in [0.2, 0.25) is 0 Å². The van der Waals surface area contributed by atoms with Crippen molar-refractivity contribution in [1.29, 1.82) is 0 Å². The van der Waals surface area contributed by atoms with Gasteiger partial charge in [-0.3, -0.25) is 19.2 Å². The van der Waals surface area contributed by atoms with Gasteiger partial charge in [0.2, 0.25) is 0 Å². The predicted molar refractivity (Wildman–Crippen MR) is 223 cm³/mol. The zero-order chi connectivity index (χ0) is 43.3. The Balaban J connectivity index is 1.18. The first kappa shape index (κ1) is 44.9. The summed E-state index contributed by atoms with van der Waals surface area (Å²) in [6.45, 7) is 18.2. The number of unbranched alkanes of at least 4 members (excludes halogenated alkanes) is 1. The Morgan fingerprint density at radius 1 is 0.932 bits per heavy atom. The largest absolute Gasteiger partial charge is 0.497 e. The van der Waals surface area contributed by atoms with E-state index >= 15 is 0 Å². The first-order valence-corrected chi connectivity index (χ1v) is 21.9. The minimum Gasteiger partial charge on any atom is -0.497 e. The van der Waals surface area contributed by atoms with Crippen molar-refractivity contribution >= 4 is 23.8 Å². The zero-order valence-corrected chi connectivity index (χ0v) is 37.1. The summed E-state index contributed by atoms with van der Waals surface area (Å²) >= 11 is 0. The number of amides is 1. The topological polar surface area (TPSA) is 173 Å². The van der Waals surface area contributed by atoms with E-state index in [-0.39, 0.29) is 34.5 Å². The molecule has 12 atom stereocenters. The normalized spacial score (nSPS) is 37.0. The van der Waals surface area contributed by atoms with E-state index in [0.29, 0.717) is 74.8 Å². The summed E-state index contributed by atoms with van der Waals surface area (Å²) in [6.07, 6.45) is 7.11. The van der Waals surface area contributed by atoms with Gasteiger partial charge in [-0.15, -0.1) is 0 Å². The highest BCUT2D eigenvalue weighted by Crippen LogP contribution is 2.75. The molecule has 12 nitrogen and oxygen atoms in total. The molecule has 4 N–H and O–H groups in total. The molecular weight excluding hydrogens is 753 g/mol. The first-order chi connectivity index (χ1) is 27.7. The number of hydrogen-bond donors (Lipinski definition) is 3. The fourth-order valence-electron chi connectivity index (χ4n) is 13.2. The summed E-state index contributed by atoms with van der Waals surface area (Å²) < 4.78 is 29.6. The molecule has 328 valence electrons. The fraction of sp³-hybridized carbons (Fsp3) is 0.745. The highest BCUT2D eigenvalue weighted by Gasteiger charge is 2.72. The van der Waals surface area contributed by atoms with Gasteiger partial charge in [-0.05, 0) is 110 Å². The summed E-state index contributed by atoms with van der Waals surface area (Å²) in [5, 5.41) is 13.9. The summed E-state index contributed by atoms with van der Waals surface area (Å²) in [5.41, 5.74) is 6.03. The highest BCUT2D eigenvalue weighted by atomic mass is 16.6. The molecule has 59 heavy (non-hydrogen) atoms. The number of esters is 2. The average Bonchev–Trinajstić information content (AvgIpc) is 3.18. The number of carboxylic acid groups (broad SMARTS) is 1. The molecule has 4 aliphatic carbocycles. The molecule has 0 radical (unpaired) electrons. The third kappa shape index (κ3) is 7.56. The number of carbonyl (C=O) groups is 4. The SMILES string of the molecule is COc1cc(OC)cc(C(=O)NCCCCC(N)C(=O)O[C@H]2[C@H](OC(C)=O)C[C@@]34COC[C@]2(C)[C@@H]3CC[C@H]2C4=CC[C@@]3(C)[C@H](C(=O)O)[C@@](C)([C@H](C)C(C)C)CC[C@]23C)c1. The molecule has 6 rings (SSSR count). The van der Waals surface area contributed by atoms with E-state index < -0.39 is 58.3 Å². The molecule has 1 heterocycles. The third-order valence-corrected chi connectivity index (χ3v) is 16.8. The van der Waals surface area contributed by atoms with Crippen LogP contribution < -0.4 is 20.5 Å². The number of rotatable bonds is 14. The number of benzene rings is 1. The second-order valence-corrected chi connectivity index (χ2v) is 20.0. The first-order valence-electron chi connectivity index (χ1n) is 21.9. The Kier molecular flexibility index (Phi) is 12.7. The van der Waals surface area contributed by atoms with Crippen LogP contribution in [0.3, 0.4) is 0 Å². The van der Waals surface area contributed by atoms with Gasteiger partial charge in [-0.25, -0.2) is 0 Å². The van der Waals surface area contributed by atoms with E-state index in [1.54, 1.807) is 18.2 Å². The van der Waals surface area contributed by atoms with Crippen LogP contribution in [0.1, 0.15) is 124 Å². The van der Waals surface area contributed by atoms with E-state index in [4.69, 9.17) is 29.4 Å². The standard InChI is InChI=1S/C47H70N2O10/c1-27(2)28(3)43(5)18-19-45(7)33-14-15-37-44(6)25-57-26-47(37,34(33)16-17-46(45,8)38(43)41(52)53)24-36(58-29(4)50)39(44)59-42(54)35(48)13-11-12-20-49-40(51)30-21-31(55-9)23-32(22-30)56-10/h16,21-23,27-28,33,35-39H,11-15,17-20,24-26,48H2,1-10H3,(H,49,51)(H,52,53)/t28-,33+,35?,36-,37+,38-,39+,43-,44-,45-,46+,47+/m1/s1. The van der Waals surface area contributed by atoms with Gasteiger partial charge in [0, 0.05) is 35.9 Å². The molecule has 12 heteroatoms. The van der Waals surface area contributed by atoms with Crippen LogP contribution in [0.5, 0.6) is 11.5 Å². The number of aliphatic carboxylic acids is 1. The van der Waals surface area contributed by atoms with Crippen molar-refractivity contribution < 1.29 is 48.0 Å². The van der Waals surface area contributed by atoms with Crippen molar-refractivity contribution in [3.63, 3.8) is 0 Å². The number of hydrogen-bond acceptors (Lipinski definition) is 10. The number of nitrogens with two attached hydrogens (primary N) is 1. The number of allylic oxidation sites excluding steroid dienone is 1. The number of fused-ring (bicyclic) bond motifs is 3. The van der Waals surface area contributed by atoms with Gasteiger partial charge in [0.05, 0.1) is 33.4 Å². The lowest BCUT2D eigenvalue weighted by Crippen LogP contribution is -2.70.